The maximum atomic E-state index is 8.90. The first kappa shape index (κ1) is 22.6. The van der Waals surface area contributed by atoms with E-state index in [0.717, 1.165) is 0 Å². The summed E-state index contributed by atoms with van der Waals surface area (Å²) >= 11 is 0. The predicted molar refractivity (Wildman–Crippen MR) is 38.3 cm³/mol. The summed E-state index contributed by atoms with van der Waals surface area (Å²) in [6, 6.07) is 0. The molecule has 0 aromatic heterocycles. The summed E-state index contributed by atoms with van der Waals surface area (Å²) in [4.78, 5) is 25.9. The van der Waals surface area contributed by atoms with Gasteiger partial charge < -0.3 is 14.7 Å². The van der Waals surface area contributed by atoms with Crippen LogP contribution in [0.5, 0.6) is 0 Å². The molecule has 60 valence electrons. The third kappa shape index (κ3) is 115. The van der Waals surface area contributed by atoms with Crippen molar-refractivity contribution in [1.29, 1.82) is 0 Å². The zero-order valence-corrected chi connectivity index (χ0v) is 5.01. The van der Waals surface area contributed by atoms with Gasteiger partial charge in [0.1, 0.15) is 0 Å². The Balaban J connectivity index is -0.0000000383. The third-order valence-corrected chi connectivity index (χ3v) is 0.0781. The summed E-state index contributed by atoms with van der Waals surface area (Å²) in [6.45, 7) is 0. The molecule has 0 amide bonds. The molecule has 0 aliphatic heterocycles. The van der Waals surface area contributed by atoms with E-state index in [4.69, 9.17) is 29.2 Å². The fraction of sp³-hybridized carbons (Fsp3) is 0. The van der Waals surface area contributed by atoms with E-state index >= 15 is 0 Å². The minimum atomic E-state index is -3.13. The molecule has 0 aromatic rings. The summed E-state index contributed by atoms with van der Waals surface area (Å²) in [7, 11) is -3.13. The molecular weight excluding hydrogens is 199 g/mol. The van der Waals surface area contributed by atoms with Crippen molar-refractivity contribution < 1.29 is 34.1 Å². The van der Waals surface area contributed by atoms with Gasteiger partial charge in [0.05, 0.1) is 0 Å². The molecule has 11 heavy (non-hydrogen) atoms. The van der Waals surface area contributed by atoms with Gasteiger partial charge in [-0.1, -0.05) is 0 Å². The first-order valence-electron chi connectivity index (χ1n) is 1.47. The molecule has 10 heteroatoms. The Morgan fingerprint density at radius 1 is 1.36 bits per heavy atom. The summed E-state index contributed by atoms with van der Waals surface area (Å²) < 4.78 is 8.74. The fourth-order valence-corrected chi connectivity index (χ4v) is 0. The Morgan fingerprint density at radius 2 is 1.45 bits per heavy atom. The van der Waals surface area contributed by atoms with Crippen LogP contribution in [0.4, 0.5) is 4.79 Å². The molecule has 0 unspecified atom stereocenters. The van der Waals surface area contributed by atoms with Gasteiger partial charge in [0, 0.05) is 0 Å². The second kappa shape index (κ2) is 16.9. The van der Waals surface area contributed by atoms with Crippen LogP contribution in [-0.2, 0) is 9.35 Å². The topological polar surface area (TPSA) is 124 Å². The van der Waals surface area contributed by atoms with Crippen LogP contribution in [0.1, 0.15) is 0 Å². The van der Waals surface area contributed by atoms with Crippen molar-refractivity contribution in [2.24, 2.45) is 0 Å². The van der Waals surface area contributed by atoms with Crippen LogP contribution >= 0.6 is 0 Å². The molecule has 0 bridgehead atoms. The summed E-state index contributed by atoms with van der Waals surface area (Å²) in [5.74, 6) is 0. The van der Waals surface area contributed by atoms with Crippen LogP contribution in [0.3, 0.4) is 0 Å². The first-order chi connectivity index (χ1) is 4.00. The molecule has 4 N–H and O–H groups in total. The van der Waals surface area contributed by atoms with Gasteiger partial charge in [-0.05, 0) is 0 Å². The van der Waals surface area contributed by atoms with Gasteiger partial charge >= 0.3 is 67.9 Å². The van der Waals surface area contributed by atoms with Crippen molar-refractivity contribution in [3.05, 3.63) is 0 Å². The minimum absolute atomic E-state index is 0. The zero-order valence-electron chi connectivity index (χ0n) is 4.01. The molecule has 0 atom stereocenters. The maximum absolute atomic E-state index is 8.90. The van der Waals surface area contributed by atoms with Crippen LogP contribution in [0.25, 0.3) is 0 Å². The molecular formula is CH7MgNaO7Si. The Bertz CT molecular complexity index is 103. The van der Waals surface area contributed by atoms with Gasteiger partial charge in [-0.15, -0.1) is 0 Å². The van der Waals surface area contributed by atoms with Crippen LogP contribution in [0.2, 0.25) is 0 Å². The van der Waals surface area contributed by atoms with Crippen molar-refractivity contribution in [2.75, 3.05) is 0 Å². The predicted octanol–water partition coefficient (Wildman–Crippen LogP) is -3.02. The summed E-state index contributed by atoms with van der Waals surface area (Å²) in [5.41, 5.74) is 0. The number of carbonyl (C=O) groups is 1. The van der Waals surface area contributed by atoms with E-state index in [2.05, 4.69) is 4.89 Å². The second-order valence-corrected chi connectivity index (χ2v) is 1.20. The molecule has 0 aliphatic rings. The van der Waals surface area contributed by atoms with E-state index < -0.39 is 15.3 Å². The molecule has 0 spiro atoms. The molecule has 0 saturated carbocycles. The summed E-state index contributed by atoms with van der Waals surface area (Å²) in [6.07, 6.45) is -1.69. The normalized spacial score (nSPS) is 5.18. The first-order valence-corrected chi connectivity index (χ1v) is 2.77. The van der Waals surface area contributed by atoms with Gasteiger partial charge in [-0.2, -0.15) is 5.26 Å². The van der Waals surface area contributed by atoms with E-state index in [1.165, 1.54) is 0 Å². The quantitative estimate of drug-likeness (QED) is 0.189. The Hall–Kier alpha value is 0.613. The standard InChI is InChI=1S/CH2O4.Mg.Na.H2O3Si.3H/c2-1(3)5-4;;;1-4(2)3;;;/h4H,(H,2,3);;;1-2H;;;. The van der Waals surface area contributed by atoms with Gasteiger partial charge in [-0.3, -0.25) is 9.35 Å². The SMILES string of the molecule is O=C(O)OO.O=[Si](O)O.[MgH2].[NaH]. The van der Waals surface area contributed by atoms with Crippen molar-refractivity contribution in [2.45, 2.75) is 0 Å². The molecule has 0 saturated heterocycles. The van der Waals surface area contributed by atoms with Crippen LogP contribution in [0, 0.1) is 0 Å². The average molecular weight is 206 g/mol. The molecule has 0 fully saturated rings. The van der Waals surface area contributed by atoms with E-state index in [9.17, 15) is 0 Å². The van der Waals surface area contributed by atoms with Crippen LogP contribution in [0.15, 0.2) is 0 Å². The van der Waals surface area contributed by atoms with E-state index in [1.54, 1.807) is 0 Å². The van der Waals surface area contributed by atoms with E-state index in [1.807, 2.05) is 0 Å². The monoisotopic (exact) mass is 206 g/mol. The average Bonchev–Trinajstić information content (AvgIpc) is 1.65. The number of carboxylic acid groups (broad SMARTS) is 1. The molecule has 0 rings (SSSR count). The number of hydrogen-bond donors (Lipinski definition) is 4. The van der Waals surface area contributed by atoms with Gasteiger partial charge in [0.25, 0.3) is 0 Å². The van der Waals surface area contributed by atoms with Gasteiger partial charge in [0.2, 0.25) is 0 Å². The number of rotatable bonds is 0. The summed E-state index contributed by atoms with van der Waals surface area (Å²) in [5, 5.41) is 14.3. The van der Waals surface area contributed by atoms with Crippen molar-refractivity contribution in [1.82, 2.24) is 0 Å². The van der Waals surface area contributed by atoms with Crippen LogP contribution in [-0.4, -0.2) is 87.9 Å². The zero-order chi connectivity index (χ0) is 7.86. The van der Waals surface area contributed by atoms with Crippen molar-refractivity contribution in [3.8, 4) is 0 Å². The molecule has 0 aromatic carbocycles. The number of hydrogen-bond acceptors (Lipinski definition) is 4. The second-order valence-electron chi connectivity index (χ2n) is 0.640. The van der Waals surface area contributed by atoms with Gasteiger partial charge in [-0.25, -0.2) is 4.79 Å². The Labute approximate surface area is 101 Å². The molecule has 7 nitrogen and oxygen atoms in total. The fourth-order valence-electron chi connectivity index (χ4n) is 0. The van der Waals surface area contributed by atoms with Crippen molar-refractivity contribution in [3.63, 3.8) is 0 Å². The Morgan fingerprint density at radius 3 is 1.45 bits per heavy atom. The van der Waals surface area contributed by atoms with Gasteiger partial charge in [0.15, 0.2) is 0 Å². The van der Waals surface area contributed by atoms with E-state index in [0.29, 0.717) is 0 Å². The third-order valence-electron chi connectivity index (χ3n) is 0.0781. The molecule has 0 aliphatic carbocycles. The molecule has 0 radical (unpaired) electrons. The van der Waals surface area contributed by atoms with Crippen LogP contribution < -0.4 is 0 Å². The van der Waals surface area contributed by atoms with Crippen molar-refractivity contribution >= 4 is 67.9 Å². The van der Waals surface area contributed by atoms with E-state index in [-0.39, 0.29) is 52.6 Å². The Kier molecular flexibility index (Phi) is 34.7. The molecule has 0 heterocycles.